The van der Waals surface area contributed by atoms with Crippen molar-refractivity contribution in [3.63, 3.8) is 0 Å². The number of hydrogen-bond acceptors (Lipinski definition) is 3. The number of hydrogen-bond donors (Lipinski definition) is 2. The van der Waals surface area contributed by atoms with Crippen molar-refractivity contribution in [2.45, 2.75) is 47.1 Å². The average Bonchev–Trinajstić information content (AvgIpc) is 2.69. The summed E-state index contributed by atoms with van der Waals surface area (Å²) in [5.41, 5.74) is 3.09. The summed E-state index contributed by atoms with van der Waals surface area (Å²) in [4.78, 5) is 21.5. The third kappa shape index (κ3) is 15.4. The van der Waals surface area contributed by atoms with E-state index < -0.39 is 0 Å². The first-order valence-electron chi connectivity index (χ1n) is 10.4. The standard InChI is InChI=1S/C17H18ClFN2O.C5H12.C3H7NO/c1-12(13-3-2-4-16(19)7-13)9-20-10-14-5-6-15(18)8-17(14)21-11-22;1-5(2,3)4;1-4(2)3-5/h2-8,11-12,20H,9-10H2,1H3,(H,21,22);1-4H3;3H,1-2H3. The second kappa shape index (κ2) is 15.4. The molecule has 0 aromatic heterocycles. The molecule has 1 atom stereocenters. The van der Waals surface area contributed by atoms with E-state index in [2.05, 4.69) is 38.3 Å². The molecular weight excluding hydrogens is 429 g/mol. The third-order valence-corrected chi connectivity index (χ3v) is 3.92. The molecule has 2 aromatic carbocycles. The van der Waals surface area contributed by atoms with E-state index in [0.717, 1.165) is 17.5 Å². The Hall–Kier alpha value is -2.44. The van der Waals surface area contributed by atoms with Gasteiger partial charge in [0.2, 0.25) is 12.8 Å². The highest BCUT2D eigenvalue weighted by atomic mass is 35.5. The molecule has 0 saturated heterocycles. The van der Waals surface area contributed by atoms with E-state index in [1.54, 1.807) is 38.4 Å². The molecule has 2 aromatic rings. The average molecular weight is 466 g/mol. The zero-order valence-corrected chi connectivity index (χ0v) is 21.0. The van der Waals surface area contributed by atoms with Gasteiger partial charge in [0.1, 0.15) is 5.82 Å². The normalized spacial score (nSPS) is 11.2. The highest BCUT2D eigenvalue weighted by Gasteiger charge is 2.07. The Morgan fingerprint density at radius 2 is 1.69 bits per heavy atom. The first-order chi connectivity index (χ1) is 14.9. The van der Waals surface area contributed by atoms with Crippen LogP contribution >= 0.6 is 11.6 Å². The number of carbonyl (C=O) groups is 2. The van der Waals surface area contributed by atoms with E-state index in [-0.39, 0.29) is 11.7 Å². The van der Waals surface area contributed by atoms with E-state index in [1.807, 2.05) is 19.1 Å². The third-order valence-electron chi connectivity index (χ3n) is 3.68. The topological polar surface area (TPSA) is 61.4 Å². The Morgan fingerprint density at radius 1 is 1.09 bits per heavy atom. The number of nitrogens with zero attached hydrogens (tertiary/aromatic N) is 1. The van der Waals surface area contributed by atoms with Crippen molar-refractivity contribution >= 4 is 30.1 Å². The second-order valence-corrected chi connectivity index (χ2v) is 9.66. The maximum Gasteiger partial charge on any atom is 0.211 e. The van der Waals surface area contributed by atoms with Gasteiger partial charge in [-0.25, -0.2) is 4.39 Å². The van der Waals surface area contributed by atoms with Crippen LogP contribution in [-0.4, -0.2) is 38.4 Å². The molecular formula is C25H37ClFN3O2. The van der Waals surface area contributed by atoms with Crippen molar-refractivity contribution in [1.29, 1.82) is 0 Å². The fourth-order valence-electron chi connectivity index (χ4n) is 2.25. The predicted octanol–water partition coefficient (Wildman–Crippen LogP) is 5.70. The van der Waals surface area contributed by atoms with Gasteiger partial charge in [-0.1, -0.05) is 64.4 Å². The van der Waals surface area contributed by atoms with Crippen molar-refractivity contribution in [1.82, 2.24) is 10.2 Å². The highest BCUT2D eigenvalue weighted by Crippen LogP contribution is 2.21. The van der Waals surface area contributed by atoms with Gasteiger partial charge in [-0.2, -0.15) is 0 Å². The maximum atomic E-state index is 13.2. The summed E-state index contributed by atoms with van der Waals surface area (Å²) < 4.78 is 13.2. The molecule has 0 aliphatic heterocycles. The molecule has 7 heteroatoms. The monoisotopic (exact) mass is 465 g/mol. The number of anilines is 1. The first kappa shape index (κ1) is 29.6. The number of nitrogens with one attached hydrogen (secondary N) is 2. The predicted molar refractivity (Wildman–Crippen MR) is 133 cm³/mol. The smallest absolute Gasteiger partial charge is 0.211 e. The van der Waals surface area contributed by atoms with Gasteiger partial charge in [0.05, 0.1) is 0 Å². The molecule has 0 spiro atoms. The van der Waals surface area contributed by atoms with Crippen molar-refractivity contribution in [3.05, 3.63) is 64.4 Å². The minimum Gasteiger partial charge on any atom is -0.351 e. The number of rotatable bonds is 8. The summed E-state index contributed by atoms with van der Waals surface area (Å²) in [7, 11) is 3.38. The van der Waals surface area contributed by atoms with Crippen LogP contribution in [0, 0.1) is 11.2 Å². The largest absolute Gasteiger partial charge is 0.351 e. The van der Waals surface area contributed by atoms with Crippen LogP contribution in [0.25, 0.3) is 0 Å². The molecule has 32 heavy (non-hydrogen) atoms. The molecule has 2 rings (SSSR count). The van der Waals surface area contributed by atoms with Crippen LogP contribution in [0.2, 0.25) is 5.02 Å². The summed E-state index contributed by atoms with van der Waals surface area (Å²) in [6.45, 7) is 12.1. The quantitative estimate of drug-likeness (QED) is 0.492. The van der Waals surface area contributed by atoms with Gasteiger partial charge in [-0.15, -0.1) is 0 Å². The van der Waals surface area contributed by atoms with E-state index in [1.165, 1.54) is 11.0 Å². The van der Waals surface area contributed by atoms with Crippen molar-refractivity contribution in [3.8, 4) is 0 Å². The van der Waals surface area contributed by atoms with E-state index >= 15 is 0 Å². The fourth-order valence-corrected chi connectivity index (χ4v) is 2.43. The molecule has 2 N–H and O–H groups in total. The molecule has 1 unspecified atom stereocenters. The fraction of sp³-hybridized carbons (Fsp3) is 0.440. The molecule has 0 heterocycles. The number of carbonyl (C=O) groups excluding carboxylic acids is 2. The summed E-state index contributed by atoms with van der Waals surface area (Å²) in [6.07, 6.45) is 1.38. The van der Waals surface area contributed by atoms with Gasteiger partial charge in [0, 0.05) is 37.9 Å². The summed E-state index contributed by atoms with van der Waals surface area (Å²) in [6, 6.07) is 12.0. The van der Waals surface area contributed by atoms with Crippen LogP contribution in [-0.2, 0) is 16.1 Å². The van der Waals surface area contributed by atoms with Gasteiger partial charge < -0.3 is 15.5 Å². The lowest BCUT2D eigenvalue weighted by Gasteiger charge is -2.15. The first-order valence-corrected chi connectivity index (χ1v) is 10.8. The lowest BCUT2D eigenvalue weighted by Crippen LogP contribution is -2.20. The molecule has 0 radical (unpaired) electrons. The molecule has 0 fully saturated rings. The van der Waals surface area contributed by atoms with Gasteiger partial charge in [-0.05, 0) is 46.7 Å². The van der Waals surface area contributed by atoms with Crippen molar-refractivity contribution in [2.24, 2.45) is 5.41 Å². The molecule has 0 bridgehead atoms. The molecule has 178 valence electrons. The highest BCUT2D eigenvalue weighted by molar-refractivity contribution is 6.30. The summed E-state index contributed by atoms with van der Waals surface area (Å²) in [5, 5.41) is 6.53. The molecule has 2 amide bonds. The number of halogens is 2. The van der Waals surface area contributed by atoms with Crippen LogP contribution in [0.1, 0.15) is 51.7 Å². The minimum absolute atomic E-state index is 0.186. The van der Waals surface area contributed by atoms with Crippen LogP contribution in [0.15, 0.2) is 42.5 Å². The van der Waals surface area contributed by atoms with E-state index in [0.29, 0.717) is 35.6 Å². The van der Waals surface area contributed by atoms with Gasteiger partial charge in [-0.3, -0.25) is 9.59 Å². The van der Waals surface area contributed by atoms with Gasteiger partial charge in [0.15, 0.2) is 0 Å². The Morgan fingerprint density at radius 3 is 2.19 bits per heavy atom. The summed E-state index contributed by atoms with van der Waals surface area (Å²) >= 11 is 5.92. The number of benzene rings is 2. The van der Waals surface area contributed by atoms with E-state index in [9.17, 15) is 14.0 Å². The molecule has 0 aliphatic carbocycles. The Bertz CT molecular complexity index is 817. The lowest BCUT2D eigenvalue weighted by atomic mass is 10.0. The Kier molecular flexibility index (Phi) is 14.2. The van der Waals surface area contributed by atoms with Crippen LogP contribution < -0.4 is 10.6 Å². The van der Waals surface area contributed by atoms with Crippen LogP contribution in [0.5, 0.6) is 0 Å². The van der Waals surface area contributed by atoms with Gasteiger partial charge >= 0.3 is 0 Å². The zero-order valence-electron chi connectivity index (χ0n) is 20.2. The van der Waals surface area contributed by atoms with Crippen molar-refractivity contribution < 1.29 is 14.0 Å². The Balaban J connectivity index is 0.000000805. The number of amides is 2. The maximum absolute atomic E-state index is 13.2. The molecule has 0 aliphatic rings. The molecule has 0 saturated carbocycles. The summed E-state index contributed by atoms with van der Waals surface area (Å²) in [5.74, 6) is -0.0370. The second-order valence-electron chi connectivity index (χ2n) is 9.22. The Labute approximate surface area is 197 Å². The van der Waals surface area contributed by atoms with Crippen LogP contribution in [0.4, 0.5) is 10.1 Å². The van der Waals surface area contributed by atoms with E-state index in [4.69, 9.17) is 11.6 Å². The van der Waals surface area contributed by atoms with Crippen LogP contribution in [0.3, 0.4) is 0 Å². The zero-order chi connectivity index (χ0) is 24.7. The lowest BCUT2D eigenvalue weighted by molar-refractivity contribution is -0.115. The van der Waals surface area contributed by atoms with Gasteiger partial charge in [0.25, 0.3) is 0 Å². The minimum atomic E-state index is -0.223. The molecule has 5 nitrogen and oxygen atoms in total. The SMILES string of the molecule is CC(C)(C)C.CC(CNCc1ccc(Cl)cc1NC=O)c1cccc(F)c1.CN(C)C=O. The van der Waals surface area contributed by atoms with Crippen molar-refractivity contribution in [2.75, 3.05) is 26.0 Å².